The smallest absolute Gasteiger partial charge is 0.338 e. The zero-order valence-electron chi connectivity index (χ0n) is 16.1. The van der Waals surface area contributed by atoms with Crippen LogP contribution in [0.25, 0.3) is 0 Å². The molecular weight excluding hydrogens is 348 g/mol. The Hall–Kier alpha value is -2.83. The Labute approximate surface area is 159 Å². The lowest BCUT2D eigenvalue weighted by Gasteiger charge is -2.30. The van der Waals surface area contributed by atoms with Gasteiger partial charge < -0.3 is 20.1 Å². The highest BCUT2D eigenvalue weighted by molar-refractivity contribution is 5.95. The van der Waals surface area contributed by atoms with Crippen LogP contribution in [-0.2, 0) is 14.3 Å². The molecule has 7 nitrogen and oxygen atoms in total. The lowest BCUT2D eigenvalue weighted by atomic mass is 9.93. The fourth-order valence-electron chi connectivity index (χ4n) is 2.87. The highest BCUT2D eigenvalue weighted by atomic mass is 16.5. The number of hydrogen-bond acceptors (Lipinski definition) is 5. The van der Waals surface area contributed by atoms with E-state index in [-0.39, 0.29) is 12.1 Å². The number of benzene rings is 1. The van der Waals surface area contributed by atoms with Crippen LogP contribution < -0.4 is 10.6 Å². The molecule has 0 spiro atoms. The van der Waals surface area contributed by atoms with Crippen molar-refractivity contribution in [1.29, 1.82) is 0 Å². The fraction of sp³-hybridized carbons (Fsp3) is 0.450. The van der Waals surface area contributed by atoms with E-state index in [0.717, 1.165) is 12.8 Å². The van der Waals surface area contributed by atoms with Crippen LogP contribution in [0.4, 0.5) is 4.79 Å². The van der Waals surface area contributed by atoms with E-state index in [4.69, 9.17) is 9.47 Å². The normalized spacial score (nSPS) is 16.6. The van der Waals surface area contributed by atoms with Gasteiger partial charge in [-0.15, -0.1) is 0 Å². The van der Waals surface area contributed by atoms with E-state index in [1.165, 1.54) is 7.11 Å². The number of carbonyl (C=O) groups excluding carboxylic acids is 3. The Morgan fingerprint density at radius 2 is 1.81 bits per heavy atom. The molecule has 2 amide bonds. The monoisotopic (exact) mass is 374 g/mol. The maximum atomic E-state index is 12.7. The van der Waals surface area contributed by atoms with Crippen LogP contribution in [0.15, 0.2) is 35.5 Å². The first kappa shape index (κ1) is 20.5. The third kappa shape index (κ3) is 5.09. The summed E-state index contributed by atoms with van der Waals surface area (Å²) in [5, 5.41) is 5.53. The first-order valence-corrected chi connectivity index (χ1v) is 9.07. The second kappa shape index (κ2) is 9.21. The second-order valence-corrected chi connectivity index (χ2v) is 6.59. The Morgan fingerprint density at radius 3 is 2.37 bits per heavy atom. The van der Waals surface area contributed by atoms with E-state index in [2.05, 4.69) is 10.6 Å². The molecule has 1 atom stereocenters. The molecule has 1 aliphatic rings. The van der Waals surface area contributed by atoms with E-state index in [9.17, 15) is 14.4 Å². The summed E-state index contributed by atoms with van der Waals surface area (Å²) in [6, 6.07) is 5.58. The molecule has 0 fully saturated rings. The average Bonchev–Trinajstić information content (AvgIpc) is 2.64. The molecule has 27 heavy (non-hydrogen) atoms. The van der Waals surface area contributed by atoms with Crippen molar-refractivity contribution >= 4 is 18.0 Å². The molecule has 2 N–H and O–H groups in total. The Balaban J connectivity index is 2.44. The van der Waals surface area contributed by atoms with Gasteiger partial charge in [-0.25, -0.2) is 14.4 Å². The number of allylic oxidation sites excluding steroid dienone is 1. The summed E-state index contributed by atoms with van der Waals surface area (Å²) in [6.07, 6.45) is 2.06. The summed E-state index contributed by atoms with van der Waals surface area (Å²) in [4.78, 5) is 36.5. The lowest BCUT2D eigenvalue weighted by molar-refractivity contribution is -0.143. The van der Waals surface area contributed by atoms with Crippen LogP contribution in [0.5, 0.6) is 0 Å². The van der Waals surface area contributed by atoms with Gasteiger partial charge in [0.05, 0.1) is 30.4 Å². The summed E-state index contributed by atoms with van der Waals surface area (Å²) < 4.78 is 10.1. The van der Waals surface area contributed by atoms with Gasteiger partial charge in [-0.05, 0) is 44.4 Å². The third-order valence-electron chi connectivity index (χ3n) is 4.16. The average molecular weight is 374 g/mol. The Kier molecular flexibility index (Phi) is 6.98. The van der Waals surface area contributed by atoms with Gasteiger partial charge >= 0.3 is 18.0 Å². The molecule has 1 aromatic rings. The first-order valence-electron chi connectivity index (χ1n) is 9.07. The van der Waals surface area contributed by atoms with Gasteiger partial charge in [0.2, 0.25) is 0 Å². The molecule has 0 saturated carbocycles. The Morgan fingerprint density at radius 1 is 1.15 bits per heavy atom. The molecule has 2 rings (SSSR count). The molecule has 1 heterocycles. The highest BCUT2D eigenvalue weighted by Gasteiger charge is 2.33. The summed E-state index contributed by atoms with van der Waals surface area (Å²) in [6.45, 7) is 5.59. The van der Waals surface area contributed by atoms with Crippen molar-refractivity contribution in [1.82, 2.24) is 10.6 Å². The third-order valence-corrected chi connectivity index (χ3v) is 4.16. The summed E-state index contributed by atoms with van der Waals surface area (Å²) in [5.74, 6) is -0.917. The zero-order valence-corrected chi connectivity index (χ0v) is 16.1. The minimum Gasteiger partial charge on any atom is -0.465 e. The molecule has 7 heteroatoms. The second-order valence-electron chi connectivity index (χ2n) is 6.59. The van der Waals surface area contributed by atoms with Gasteiger partial charge in [-0.3, -0.25) is 0 Å². The topological polar surface area (TPSA) is 93.7 Å². The number of urea groups is 1. The molecule has 0 radical (unpaired) electrons. The van der Waals surface area contributed by atoms with Crippen molar-refractivity contribution < 1.29 is 23.9 Å². The van der Waals surface area contributed by atoms with Gasteiger partial charge in [0.25, 0.3) is 0 Å². The summed E-state index contributed by atoms with van der Waals surface area (Å²) in [5.41, 5.74) is 2.04. The number of methoxy groups -OCH3 is 1. The molecule has 0 bridgehead atoms. The zero-order chi connectivity index (χ0) is 20.0. The predicted molar refractivity (Wildman–Crippen MR) is 100.0 cm³/mol. The predicted octanol–water partition coefficient (Wildman–Crippen LogP) is 3.22. The van der Waals surface area contributed by atoms with Gasteiger partial charge in [-0.1, -0.05) is 25.5 Å². The van der Waals surface area contributed by atoms with Gasteiger partial charge in [0.15, 0.2) is 0 Å². The Bertz CT molecular complexity index is 737. The van der Waals surface area contributed by atoms with Crippen molar-refractivity contribution in [2.75, 3.05) is 7.11 Å². The van der Waals surface area contributed by atoms with Gasteiger partial charge in [0.1, 0.15) is 0 Å². The number of ether oxygens (including phenoxy) is 2. The van der Waals surface area contributed by atoms with Crippen molar-refractivity contribution in [3.8, 4) is 0 Å². The van der Waals surface area contributed by atoms with Crippen LogP contribution in [0.2, 0.25) is 0 Å². The number of unbranched alkanes of at least 4 members (excludes halogenated alkanes) is 1. The number of hydrogen-bond donors (Lipinski definition) is 2. The van der Waals surface area contributed by atoms with Crippen LogP contribution in [0, 0.1) is 0 Å². The minimum absolute atomic E-state index is 0.280. The van der Waals surface area contributed by atoms with Crippen LogP contribution in [-0.4, -0.2) is 31.2 Å². The molecule has 1 unspecified atom stereocenters. The van der Waals surface area contributed by atoms with E-state index in [0.29, 0.717) is 28.8 Å². The molecule has 0 saturated heterocycles. The van der Waals surface area contributed by atoms with E-state index < -0.39 is 18.0 Å². The van der Waals surface area contributed by atoms with Gasteiger partial charge in [-0.2, -0.15) is 0 Å². The van der Waals surface area contributed by atoms with Crippen molar-refractivity contribution in [3.05, 3.63) is 46.7 Å². The SMILES string of the molecule is CCCCC1=C(C(=O)OC(C)C)C(c2ccc(C(=O)OC)cc2)NC(=O)N1. The molecule has 1 aromatic carbocycles. The van der Waals surface area contributed by atoms with Crippen molar-refractivity contribution in [2.45, 2.75) is 52.2 Å². The molecule has 0 aliphatic carbocycles. The van der Waals surface area contributed by atoms with E-state index in [1.54, 1.807) is 38.1 Å². The highest BCUT2D eigenvalue weighted by Crippen LogP contribution is 2.30. The largest absolute Gasteiger partial charge is 0.465 e. The lowest BCUT2D eigenvalue weighted by Crippen LogP contribution is -2.46. The summed E-state index contributed by atoms with van der Waals surface area (Å²) >= 11 is 0. The van der Waals surface area contributed by atoms with Crippen LogP contribution in [0.3, 0.4) is 0 Å². The quantitative estimate of drug-likeness (QED) is 0.715. The molecule has 146 valence electrons. The number of carbonyl (C=O) groups is 3. The van der Waals surface area contributed by atoms with E-state index in [1.807, 2.05) is 6.92 Å². The number of esters is 2. The van der Waals surface area contributed by atoms with Crippen molar-refractivity contribution in [3.63, 3.8) is 0 Å². The van der Waals surface area contributed by atoms with Gasteiger partial charge in [0, 0.05) is 5.70 Å². The standard InChI is InChI=1S/C20H26N2O5/c1-5-6-7-15-16(19(24)27-12(2)3)17(22-20(25)21-15)13-8-10-14(11-9-13)18(23)26-4/h8-12,17H,5-7H2,1-4H3,(H2,21,22,25). The minimum atomic E-state index is -0.649. The van der Waals surface area contributed by atoms with Crippen molar-refractivity contribution in [2.24, 2.45) is 0 Å². The maximum Gasteiger partial charge on any atom is 0.338 e. The van der Waals surface area contributed by atoms with Crippen LogP contribution >= 0.6 is 0 Å². The molecule has 0 aromatic heterocycles. The molecular formula is C20H26N2O5. The first-order chi connectivity index (χ1) is 12.9. The fourth-order valence-corrected chi connectivity index (χ4v) is 2.87. The molecule has 1 aliphatic heterocycles. The maximum absolute atomic E-state index is 12.7. The van der Waals surface area contributed by atoms with E-state index >= 15 is 0 Å². The van der Waals surface area contributed by atoms with Crippen LogP contribution in [0.1, 0.15) is 62.0 Å². The summed E-state index contributed by atoms with van der Waals surface area (Å²) in [7, 11) is 1.31. The number of rotatable bonds is 7. The number of amides is 2. The number of nitrogens with one attached hydrogen (secondary N) is 2.